The van der Waals surface area contributed by atoms with Crippen molar-refractivity contribution in [2.24, 2.45) is 0 Å². The first kappa shape index (κ1) is 15.5. The summed E-state index contributed by atoms with van der Waals surface area (Å²) < 4.78 is 1.91. The molecule has 0 atom stereocenters. The Labute approximate surface area is 127 Å². The lowest BCUT2D eigenvalue weighted by molar-refractivity contribution is 0.587. The van der Waals surface area contributed by atoms with Crippen LogP contribution in [0.25, 0.3) is 0 Å². The minimum atomic E-state index is 0.793. The van der Waals surface area contributed by atoms with Gasteiger partial charge in [-0.05, 0) is 32.0 Å². The summed E-state index contributed by atoms with van der Waals surface area (Å²) in [6.07, 6.45) is 3.15. The Morgan fingerprint density at radius 2 is 2.00 bits per heavy atom. The number of aromatic nitrogens is 3. The number of nitrogens with one attached hydrogen (secondary N) is 1. The number of hydrogen-bond acceptors (Lipinski definition) is 4. The Balaban J connectivity index is 1.81. The van der Waals surface area contributed by atoms with E-state index in [9.17, 15) is 0 Å². The molecule has 0 fully saturated rings. The topological polar surface area (TPSA) is 46.0 Å². The fraction of sp³-hybridized carbons (Fsp3) is 0.500. The molecule has 114 valence electrons. The van der Waals surface area contributed by atoms with E-state index in [0.29, 0.717) is 0 Å². The molecule has 0 aliphatic carbocycles. The van der Waals surface area contributed by atoms with E-state index < -0.39 is 0 Å². The third-order valence-electron chi connectivity index (χ3n) is 3.46. The van der Waals surface area contributed by atoms with E-state index in [1.807, 2.05) is 10.9 Å². The second kappa shape index (κ2) is 7.78. The maximum Gasteiger partial charge on any atom is 0.0964 e. The van der Waals surface area contributed by atoms with Crippen LogP contribution in [0, 0.1) is 6.92 Å². The molecular weight excluding hydrogens is 262 g/mol. The molecule has 5 nitrogen and oxygen atoms in total. The molecule has 0 radical (unpaired) electrons. The molecule has 0 aliphatic rings. The number of nitrogens with zero attached hydrogens (tertiary/aromatic N) is 4. The Bertz CT molecular complexity index is 532. The summed E-state index contributed by atoms with van der Waals surface area (Å²) in [6, 6.07) is 8.57. The van der Waals surface area contributed by atoms with Crippen molar-refractivity contribution in [3.63, 3.8) is 0 Å². The summed E-state index contributed by atoms with van der Waals surface area (Å²) >= 11 is 0. The van der Waals surface area contributed by atoms with E-state index in [-0.39, 0.29) is 0 Å². The Hall–Kier alpha value is -1.88. The highest BCUT2D eigenvalue weighted by Crippen LogP contribution is 2.13. The summed E-state index contributed by atoms with van der Waals surface area (Å²) in [5.74, 6) is 0. The fourth-order valence-corrected chi connectivity index (χ4v) is 2.10. The van der Waals surface area contributed by atoms with Gasteiger partial charge >= 0.3 is 0 Å². The van der Waals surface area contributed by atoms with Gasteiger partial charge in [-0.3, -0.25) is 4.68 Å². The average molecular weight is 287 g/mol. The zero-order valence-electron chi connectivity index (χ0n) is 13.2. The SMILES string of the molecule is CCCNCc1cn(CCN(C)c2ccc(C)cc2)nn1. The molecule has 0 unspecified atom stereocenters. The first-order valence-electron chi connectivity index (χ1n) is 7.56. The molecule has 0 saturated carbocycles. The lowest BCUT2D eigenvalue weighted by atomic mass is 10.2. The van der Waals surface area contributed by atoms with Gasteiger partial charge in [0.1, 0.15) is 0 Å². The van der Waals surface area contributed by atoms with Gasteiger partial charge in [-0.1, -0.05) is 29.8 Å². The molecule has 1 N–H and O–H groups in total. The monoisotopic (exact) mass is 287 g/mol. The lowest BCUT2D eigenvalue weighted by Crippen LogP contribution is -2.22. The average Bonchev–Trinajstić information content (AvgIpc) is 2.94. The second-order valence-corrected chi connectivity index (χ2v) is 5.41. The predicted molar refractivity (Wildman–Crippen MR) is 86.5 cm³/mol. The molecular formula is C16H25N5. The fourth-order valence-electron chi connectivity index (χ4n) is 2.10. The molecule has 1 aromatic carbocycles. The van der Waals surface area contributed by atoms with Gasteiger partial charge < -0.3 is 10.2 Å². The summed E-state index contributed by atoms with van der Waals surface area (Å²) in [5, 5.41) is 11.7. The molecule has 2 rings (SSSR count). The Kier molecular flexibility index (Phi) is 5.75. The van der Waals surface area contributed by atoms with Crippen molar-refractivity contribution >= 4 is 5.69 Å². The molecule has 1 heterocycles. The van der Waals surface area contributed by atoms with E-state index in [1.165, 1.54) is 11.3 Å². The molecule has 0 spiro atoms. The number of likely N-dealkylation sites (N-methyl/N-ethyl adjacent to an activating group) is 1. The minimum Gasteiger partial charge on any atom is -0.373 e. The first-order chi connectivity index (χ1) is 10.2. The normalized spacial score (nSPS) is 10.8. The van der Waals surface area contributed by atoms with Crippen LogP contribution in [0.4, 0.5) is 5.69 Å². The molecule has 2 aromatic rings. The van der Waals surface area contributed by atoms with Gasteiger partial charge in [0.15, 0.2) is 0 Å². The van der Waals surface area contributed by atoms with Gasteiger partial charge in [-0.15, -0.1) is 5.10 Å². The number of rotatable bonds is 8. The molecule has 5 heteroatoms. The van der Waals surface area contributed by atoms with Crippen molar-refractivity contribution in [1.29, 1.82) is 0 Å². The predicted octanol–water partition coefficient (Wildman–Crippen LogP) is 2.22. The van der Waals surface area contributed by atoms with Crippen molar-refractivity contribution in [1.82, 2.24) is 20.3 Å². The van der Waals surface area contributed by atoms with Crippen LogP contribution in [0.3, 0.4) is 0 Å². The Morgan fingerprint density at radius 3 is 2.71 bits per heavy atom. The van der Waals surface area contributed by atoms with Gasteiger partial charge in [-0.25, -0.2) is 0 Å². The summed E-state index contributed by atoms with van der Waals surface area (Å²) in [4.78, 5) is 2.23. The molecule has 1 aromatic heterocycles. The number of anilines is 1. The van der Waals surface area contributed by atoms with Gasteiger partial charge in [0, 0.05) is 32.0 Å². The van der Waals surface area contributed by atoms with Crippen molar-refractivity contribution in [3.05, 3.63) is 41.7 Å². The van der Waals surface area contributed by atoms with E-state index in [1.54, 1.807) is 0 Å². The van der Waals surface area contributed by atoms with Crippen LogP contribution in [-0.4, -0.2) is 35.1 Å². The lowest BCUT2D eigenvalue weighted by Gasteiger charge is -2.19. The van der Waals surface area contributed by atoms with Crippen LogP contribution in [0.2, 0.25) is 0 Å². The molecule has 0 saturated heterocycles. The van der Waals surface area contributed by atoms with E-state index >= 15 is 0 Å². The highest BCUT2D eigenvalue weighted by atomic mass is 15.4. The molecule has 0 aliphatic heterocycles. The summed E-state index contributed by atoms with van der Waals surface area (Å²) in [6.45, 7) is 7.82. The summed E-state index contributed by atoms with van der Waals surface area (Å²) in [5.41, 5.74) is 3.51. The van der Waals surface area contributed by atoms with E-state index in [2.05, 4.69) is 65.7 Å². The standard InChI is InChI=1S/C16H25N5/c1-4-9-17-12-15-13-21(19-18-15)11-10-20(3)16-7-5-14(2)6-8-16/h5-8,13,17H,4,9-12H2,1-3H3. The zero-order chi connectivity index (χ0) is 15.1. The van der Waals surface area contributed by atoms with Crippen molar-refractivity contribution in [2.45, 2.75) is 33.4 Å². The molecule has 0 amide bonds. The smallest absolute Gasteiger partial charge is 0.0964 e. The maximum absolute atomic E-state index is 4.18. The highest BCUT2D eigenvalue weighted by molar-refractivity contribution is 5.46. The van der Waals surface area contributed by atoms with Gasteiger partial charge in [0.05, 0.1) is 12.2 Å². The quantitative estimate of drug-likeness (QED) is 0.756. The number of benzene rings is 1. The second-order valence-electron chi connectivity index (χ2n) is 5.41. The van der Waals surface area contributed by atoms with E-state index in [4.69, 9.17) is 0 Å². The third kappa shape index (κ3) is 4.86. The van der Waals surface area contributed by atoms with E-state index in [0.717, 1.165) is 38.3 Å². The first-order valence-corrected chi connectivity index (χ1v) is 7.56. The molecule has 0 bridgehead atoms. The Morgan fingerprint density at radius 1 is 1.24 bits per heavy atom. The van der Waals surface area contributed by atoms with Crippen LogP contribution in [0.5, 0.6) is 0 Å². The van der Waals surface area contributed by atoms with Crippen molar-refractivity contribution in [3.8, 4) is 0 Å². The molecule has 21 heavy (non-hydrogen) atoms. The summed E-state index contributed by atoms with van der Waals surface area (Å²) in [7, 11) is 2.10. The van der Waals surface area contributed by atoms with Crippen LogP contribution in [-0.2, 0) is 13.1 Å². The van der Waals surface area contributed by atoms with Crippen LogP contribution >= 0.6 is 0 Å². The van der Waals surface area contributed by atoms with Crippen LogP contribution in [0.1, 0.15) is 24.6 Å². The maximum atomic E-state index is 4.18. The van der Waals surface area contributed by atoms with Crippen LogP contribution < -0.4 is 10.2 Å². The minimum absolute atomic E-state index is 0.793. The number of aryl methyl sites for hydroxylation is 1. The van der Waals surface area contributed by atoms with Gasteiger partial charge in [0.25, 0.3) is 0 Å². The van der Waals surface area contributed by atoms with Gasteiger partial charge in [-0.2, -0.15) is 0 Å². The highest BCUT2D eigenvalue weighted by Gasteiger charge is 2.03. The van der Waals surface area contributed by atoms with Gasteiger partial charge in [0.2, 0.25) is 0 Å². The zero-order valence-corrected chi connectivity index (χ0v) is 13.2. The number of hydrogen-bond donors (Lipinski definition) is 1. The largest absolute Gasteiger partial charge is 0.373 e. The van der Waals surface area contributed by atoms with Crippen molar-refractivity contribution < 1.29 is 0 Å². The van der Waals surface area contributed by atoms with Crippen molar-refractivity contribution in [2.75, 3.05) is 25.0 Å². The van der Waals surface area contributed by atoms with Crippen LogP contribution in [0.15, 0.2) is 30.5 Å². The third-order valence-corrected chi connectivity index (χ3v) is 3.46.